The molecular formula is C19H18N2OS. The zero-order valence-corrected chi connectivity index (χ0v) is 13.8. The number of hydrogen-bond donors (Lipinski definition) is 1. The van der Waals surface area contributed by atoms with Crippen LogP contribution in [0.3, 0.4) is 0 Å². The van der Waals surface area contributed by atoms with Gasteiger partial charge >= 0.3 is 0 Å². The van der Waals surface area contributed by atoms with Crippen molar-refractivity contribution in [3.63, 3.8) is 0 Å². The summed E-state index contributed by atoms with van der Waals surface area (Å²) in [6, 6.07) is 11.8. The third kappa shape index (κ3) is 2.75. The molecule has 0 fully saturated rings. The molecule has 1 aliphatic carbocycles. The number of aryl methyl sites for hydroxylation is 1. The second-order valence-corrected chi connectivity index (χ2v) is 7.38. The number of anilines is 1. The summed E-state index contributed by atoms with van der Waals surface area (Å²) >= 11 is 1.64. The zero-order chi connectivity index (χ0) is 15.8. The van der Waals surface area contributed by atoms with E-state index in [-0.39, 0.29) is 5.91 Å². The average Bonchev–Trinajstić information content (AvgIpc) is 2.98. The quantitative estimate of drug-likeness (QED) is 0.745. The van der Waals surface area contributed by atoms with Crippen LogP contribution in [0.25, 0.3) is 10.9 Å². The Hall–Kier alpha value is -2.20. The number of hydrogen-bond acceptors (Lipinski definition) is 3. The molecule has 1 aromatic carbocycles. The van der Waals surface area contributed by atoms with Gasteiger partial charge in [-0.3, -0.25) is 9.78 Å². The largest absolute Gasteiger partial charge is 0.319 e. The fourth-order valence-electron chi connectivity index (χ4n) is 3.21. The van der Waals surface area contributed by atoms with Crippen molar-refractivity contribution in [1.82, 2.24) is 4.98 Å². The first-order chi connectivity index (χ1) is 11.2. The Labute approximate surface area is 139 Å². The van der Waals surface area contributed by atoms with Crippen LogP contribution in [-0.4, -0.2) is 10.9 Å². The van der Waals surface area contributed by atoms with E-state index in [1.165, 1.54) is 16.9 Å². The first-order valence-corrected chi connectivity index (χ1v) is 8.79. The highest BCUT2D eigenvalue weighted by atomic mass is 32.1. The van der Waals surface area contributed by atoms with Crippen LogP contribution in [0.5, 0.6) is 0 Å². The van der Waals surface area contributed by atoms with Crippen LogP contribution < -0.4 is 5.32 Å². The molecule has 0 spiro atoms. The molecule has 0 bridgehead atoms. The van der Waals surface area contributed by atoms with E-state index >= 15 is 0 Å². The highest BCUT2D eigenvalue weighted by Gasteiger charge is 2.21. The van der Waals surface area contributed by atoms with Crippen molar-refractivity contribution in [2.75, 3.05) is 5.32 Å². The Morgan fingerprint density at radius 1 is 1.30 bits per heavy atom. The molecule has 0 saturated heterocycles. The van der Waals surface area contributed by atoms with E-state index in [0.29, 0.717) is 0 Å². The van der Waals surface area contributed by atoms with Gasteiger partial charge in [-0.25, -0.2) is 0 Å². The van der Waals surface area contributed by atoms with Gasteiger partial charge in [0.05, 0.1) is 16.1 Å². The third-order valence-electron chi connectivity index (χ3n) is 4.43. The molecule has 3 aromatic rings. The maximum Gasteiger partial charge on any atom is 0.265 e. The standard InChI is InChI=1S/C19H18N2OS/c1-12-7-8-16-14(10-12)11-17(23-16)19(22)21-15-6-2-4-13-5-3-9-20-18(13)15/h2-6,9,11-12H,7-8,10H2,1H3,(H,21,22)/t12-/m1/s1. The van der Waals surface area contributed by atoms with Crippen LogP contribution in [-0.2, 0) is 12.8 Å². The van der Waals surface area contributed by atoms with Crippen molar-refractivity contribution in [3.05, 3.63) is 57.9 Å². The first kappa shape index (κ1) is 14.4. The number of pyridine rings is 1. The van der Waals surface area contributed by atoms with Gasteiger partial charge in [0.25, 0.3) is 5.91 Å². The van der Waals surface area contributed by atoms with Crippen molar-refractivity contribution in [2.45, 2.75) is 26.2 Å². The summed E-state index contributed by atoms with van der Waals surface area (Å²) in [6.45, 7) is 2.28. The Bertz CT molecular complexity index is 879. The lowest BCUT2D eigenvalue weighted by molar-refractivity contribution is 0.103. The number of benzene rings is 1. The van der Waals surface area contributed by atoms with Gasteiger partial charge in [0, 0.05) is 16.5 Å². The number of amides is 1. The second kappa shape index (κ2) is 5.78. The van der Waals surface area contributed by atoms with Gasteiger partial charge in [-0.15, -0.1) is 11.3 Å². The minimum atomic E-state index is -0.0322. The monoisotopic (exact) mass is 322 g/mol. The molecule has 3 nitrogen and oxygen atoms in total. The highest BCUT2D eigenvalue weighted by Crippen LogP contribution is 2.32. The summed E-state index contributed by atoms with van der Waals surface area (Å²) in [5.74, 6) is 0.686. The molecule has 0 unspecified atom stereocenters. The van der Waals surface area contributed by atoms with Crippen LogP contribution in [0.4, 0.5) is 5.69 Å². The number of aromatic nitrogens is 1. The summed E-state index contributed by atoms with van der Waals surface area (Å²) < 4.78 is 0. The molecule has 0 radical (unpaired) electrons. The minimum absolute atomic E-state index is 0.0322. The molecule has 1 amide bonds. The molecular weight excluding hydrogens is 304 g/mol. The first-order valence-electron chi connectivity index (χ1n) is 7.97. The smallest absolute Gasteiger partial charge is 0.265 e. The SMILES string of the molecule is C[C@@H]1CCc2sc(C(=O)Nc3cccc4cccnc34)cc2C1. The van der Waals surface area contributed by atoms with E-state index in [0.717, 1.165) is 40.2 Å². The molecule has 2 aromatic heterocycles. The van der Waals surface area contributed by atoms with E-state index < -0.39 is 0 Å². The van der Waals surface area contributed by atoms with Crippen molar-refractivity contribution >= 4 is 33.8 Å². The molecule has 4 heteroatoms. The molecule has 0 aliphatic heterocycles. The number of para-hydroxylation sites is 1. The minimum Gasteiger partial charge on any atom is -0.319 e. The third-order valence-corrected chi connectivity index (χ3v) is 5.67. The summed E-state index contributed by atoms with van der Waals surface area (Å²) in [7, 11) is 0. The Morgan fingerprint density at radius 3 is 3.09 bits per heavy atom. The summed E-state index contributed by atoms with van der Waals surface area (Å²) in [5.41, 5.74) is 2.96. The summed E-state index contributed by atoms with van der Waals surface area (Å²) in [5, 5.41) is 4.06. The molecule has 1 aliphatic rings. The maximum absolute atomic E-state index is 12.6. The van der Waals surface area contributed by atoms with Crippen LogP contribution in [0.1, 0.15) is 33.5 Å². The molecule has 2 heterocycles. The number of nitrogens with one attached hydrogen (secondary N) is 1. The van der Waals surface area contributed by atoms with E-state index in [9.17, 15) is 4.79 Å². The van der Waals surface area contributed by atoms with Gasteiger partial charge in [-0.1, -0.05) is 25.1 Å². The number of fused-ring (bicyclic) bond motifs is 2. The highest BCUT2D eigenvalue weighted by molar-refractivity contribution is 7.14. The van der Waals surface area contributed by atoms with E-state index in [1.807, 2.05) is 30.3 Å². The van der Waals surface area contributed by atoms with Gasteiger partial charge in [0.15, 0.2) is 0 Å². The summed E-state index contributed by atoms with van der Waals surface area (Å²) in [4.78, 5) is 19.2. The van der Waals surface area contributed by atoms with E-state index in [2.05, 4.69) is 23.3 Å². The van der Waals surface area contributed by atoms with Crippen LogP contribution >= 0.6 is 11.3 Å². The Kier molecular flexibility index (Phi) is 3.62. The van der Waals surface area contributed by atoms with Crippen molar-refractivity contribution in [1.29, 1.82) is 0 Å². The van der Waals surface area contributed by atoms with Crippen LogP contribution in [0.2, 0.25) is 0 Å². The van der Waals surface area contributed by atoms with Crippen molar-refractivity contribution in [2.24, 2.45) is 5.92 Å². The Morgan fingerprint density at radius 2 is 2.17 bits per heavy atom. The van der Waals surface area contributed by atoms with Gasteiger partial charge in [0.2, 0.25) is 0 Å². The van der Waals surface area contributed by atoms with Crippen molar-refractivity contribution in [3.8, 4) is 0 Å². The zero-order valence-electron chi connectivity index (χ0n) is 13.0. The number of nitrogens with zero attached hydrogens (tertiary/aromatic N) is 1. The van der Waals surface area contributed by atoms with Crippen LogP contribution in [0, 0.1) is 5.92 Å². The molecule has 1 atom stereocenters. The second-order valence-electron chi connectivity index (χ2n) is 6.24. The van der Waals surface area contributed by atoms with Gasteiger partial charge < -0.3 is 5.32 Å². The predicted octanol–water partition coefficient (Wildman–Crippen LogP) is 4.67. The fourth-order valence-corrected chi connectivity index (χ4v) is 4.31. The lowest BCUT2D eigenvalue weighted by Gasteiger charge is -2.16. The van der Waals surface area contributed by atoms with Crippen LogP contribution in [0.15, 0.2) is 42.6 Å². The maximum atomic E-state index is 12.6. The average molecular weight is 322 g/mol. The van der Waals surface area contributed by atoms with Gasteiger partial charge in [-0.05, 0) is 48.9 Å². The van der Waals surface area contributed by atoms with Gasteiger partial charge in [-0.2, -0.15) is 0 Å². The lowest BCUT2D eigenvalue weighted by Crippen LogP contribution is -2.10. The Balaban J connectivity index is 1.63. The molecule has 23 heavy (non-hydrogen) atoms. The lowest BCUT2D eigenvalue weighted by atomic mass is 9.90. The molecule has 0 saturated carbocycles. The van der Waals surface area contributed by atoms with Gasteiger partial charge in [0.1, 0.15) is 0 Å². The number of carbonyl (C=O) groups excluding carboxylic acids is 1. The molecule has 4 rings (SSSR count). The topological polar surface area (TPSA) is 42.0 Å². The van der Waals surface area contributed by atoms with E-state index in [4.69, 9.17) is 0 Å². The number of thiophene rings is 1. The summed E-state index contributed by atoms with van der Waals surface area (Å²) in [6.07, 6.45) is 5.17. The molecule has 1 N–H and O–H groups in total. The fraction of sp³-hybridized carbons (Fsp3) is 0.263. The van der Waals surface area contributed by atoms with Crippen molar-refractivity contribution < 1.29 is 4.79 Å². The van der Waals surface area contributed by atoms with E-state index in [1.54, 1.807) is 17.5 Å². The number of carbonyl (C=O) groups is 1. The molecule has 116 valence electrons. The number of rotatable bonds is 2. The normalized spacial score (nSPS) is 17.0. The predicted molar refractivity (Wildman–Crippen MR) is 95.2 cm³/mol.